The number of rotatable bonds is 6. The first-order chi connectivity index (χ1) is 17.0. The summed E-state index contributed by atoms with van der Waals surface area (Å²) in [5.74, 6) is 0.0177. The summed E-state index contributed by atoms with van der Waals surface area (Å²) >= 11 is 0. The number of benzene rings is 4. The molecule has 0 bridgehead atoms. The van der Waals surface area contributed by atoms with Crippen LogP contribution in [-0.4, -0.2) is 18.4 Å². The Morgan fingerprint density at radius 3 is 2.29 bits per heavy atom. The molecule has 2 amide bonds. The lowest BCUT2D eigenvalue weighted by molar-refractivity contribution is -0.120. The van der Waals surface area contributed by atoms with Crippen molar-refractivity contribution in [3.8, 4) is 5.75 Å². The Morgan fingerprint density at radius 1 is 0.800 bits per heavy atom. The van der Waals surface area contributed by atoms with Crippen molar-refractivity contribution in [2.45, 2.75) is 20.8 Å². The van der Waals surface area contributed by atoms with Gasteiger partial charge in [0.05, 0.1) is 17.9 Å². The first-order valence-corrected chi connectivity index (χ1v) is 11.7. The van der Waals surface area contributed by atoms with Gasteiger partial charge in [-0.15, -0.1) is 0 Å². The van der Waals surface area contributed by atoms with Crippen molar-refractivity contribution in [2.75, 3.05) is 16.8 Å². The Labute approximate surface area is 204 Å². The van der Waals surface area contributed by atoms with Gasteiger partial charge in [-0.25, -0.2) is 4.90 Å². The van der Waals surface area contributed by atoms with Crippen molar-refractivity contribution in [1.29, 1.82) is 0 Å². The summed E-state index contributed by atoms with van der Waals surface area (Å²) in [6.45, 7) is 6.53. The summed E-state index contributed by atoms with van der Waals surface area (Å²) in [6.07, 6.45) is 0. The first kappa shape index (κ1) is 22.4. The molecule has 0 atom stereocenters. The molecule has 1 N–H and O–H groups in total. The molecule has 4 aromatic rings. The van der Waals surface area contributed by atoms with E-state index in [-0.39, 0.29) is 17.5 Å². The summed E-state index contributed by atoms with van der Waals surface area (Å²) < 4.78 is 5.53. The molecule has 1 heterocycles. The molecule has 4 aromatic carbocycles. The Morgan fingerprint density at radius 2 is 1.54 bits per heavy atom. The average molecular weight is 463 g/mol. The minimum absolute atomic E-state index is 0.260. The third-order valence-electron chi connectivity index (χ3n) is 6.32. The molecule has 174 valence electrons. The molecule has 0 aliphatic carbocycles. The number of carbonyl (C=O) groups excluding carboxylic acids is 2. The zero-order chi connectivity index (χ0) is 24.5. The molecule has 0 fully saturated rings. The summed E-state index contributed by atoms with van der Waals surface area (Å²) in [5, 5.41) is 5.04. The minimum Gasteiger partial charge on any atom is -0.494 e. The average Bonchev–Trinajstić information content (AvgIpc) is 3.11. The van der Waals surface area contributed by atoms with Crippen molar-refractivity contribution in [3.63, 3.8) is 0 Å². The molecule has 0 aromatic heterocycles. The van der Waals surface area contributed by atoms with Crippen LogP contribution < -0.4 is 15.0 Å². The molecule has 5 rings (SSSR count). The smallest absolute Gasteiger partial charge is 0.282 e. The zero-order valence-electron chi connectivity index (χ0n) is 20.0. The number of hydrogen-bond donors (Lipinski definition) is 1. The van der Waals surface area contributed by atoms with Gasteiger partial charge in [-0.1, -0.05) is 54.6 Å². The Kier molecular flexibility index (Phi) is 5.83. The highest BCUT2D eigenvalue weighted by Gasteiger charge is 2.41. The molecule has 0 unspecified atom stereocenters. The predicted octanol–water partition coefficient (Wildman–Crippen LogP) is 6.25. The monoisotopic (exact) mass is 462 g/mol. The van der Waals surface area contributed by atoms with Crippen molar-refractivity contribution >= 4 is 39.5 Å². The van der Waals surface area contributed by atoms with E-state index in [0.29, 0.717) is 29.1 Å². The van der Waals surface area contributed by atoms with Gasteiger partial charge >= 0.3 is 0 Å². The quantitative estimate of drug-likeness (QED) is 0.344. The van der Waals surface area contributed by atoms with E-state index in [2.05, 4.69) is 5.32 Å². The van der Waals surface area contributed by atoms with Crippen LogP contribution >= 0.6 is 0 Å². The lowest BCUT2D eigenvalue weighted by Crippen LogP contribution is -2.32. The number of imide groups is 1. The van der Waals surface area contributed by atoms with Crippen LogP contribution in [0.25, 0.3) is 16.3 Å². The summed E-state index contributed by atoms with van der Waals surface area (Å²) in [4.78, 5) is 29.0. The van der Waals surface area contributed by atoms with E-state index in [0.717, 1.165) is 27.6 Å². The van der Waals surface area contributed by atoms with E-state index in [1.807, 2.05) is 106 Å². The number of hydrogen-bond acceptors (Lipinski definition) is 4. The molecule has 0 radical (unpaired) electrons. The molecule has 1 aliphatic heterocycles. The highest BCUT2D eigenvalue weighted by Crippen LogP contribution is 2.37. The standard InChI is InChI=1S/C30H26N2O3/c1-4-35-24-16-14-23(15-17-24)31-28-27(22-13-12-19(2)20(3)18-22)29(33)32(30(28)34)26-11-7-9-21-8-5-6-10-25(21)26/h5-18,31H,4H2,1-3H3. The third kappa shape index (κ3) is 4.06. The zero-order valence-corrected chi connectivity index (χ0v) is 20.0. The maximum atomic E-state index is 13.9. The summed E-state index contributed by atoms with van der Waals surface area (Å²) in [6, 6.07) is 26.6. The highest BCUT2D eigenvalue weighted by molar-refractivity contribution is 6.47. The molecule has 1 aliphatic rings. The lowest BCUT2D eigenvalue weighted by Gasteiger charge is -2.18. The molecule has 35 heavy (non-hydrogen) atoms. The van der Waals surface area contributed by atoms with E-state index in [1.54, 1.807) is 0 Å². The van der Waals surface area contributed by atoms with Crippen LogP contribution in [-0.2, 0) is 9.59 Å². The van der Waals surface area contributed by atoms with Crippen LogP contribution in [0.5, 0.6) is 5.75 Å². The van der Waals surface area contributed by atoms with Gasteiger partial charge in [0.1, 0.15) is 11.4 Å². The number of aryl methyl sites for hydroxylation is 2. The van der Waals surface area contributed by atoms with Gasteiger partial charge in [0.15, 0.2) is 0 Å². The number of carbonyl (C=O) groups is 2. The fraction of sp³-hybridized carbons (Fsp3) is 0.133. The second kappa shape index (κ2) is 9.11. The van der Waals surface area contributed by atoms with Gasteiger partial charge in [-0.2, -0.15) is 0 Å². The van der Waals surface area contributed by atoms with Gasteiger partial charge in [0, 0.05) is 11.1 Å². The van der Waals surface area contributed by atoms with E-state index in [9.17, 15) is 9.59 Å². The number of nitrogens with one attached hydrogen (secondary N) is 1. The van der Waals surface area contributed by atoms with Crippen LogP contribution in [0.4, 0.5) is 11.4 Å². The van der Waals surface area contributed by atoms with Crippen LogP contribution in [0, 0.1) is 13.8 Å². The van der Waals surface area contributed by atoms with Crippen molar-refractivity contribution in [2.24, 2.45) is 0 Å². The topological polar surface area (TPSA) is 58.6 Å². The minimum atomic E-state index is -0.381. The van der Waals surface area contributed by atoms with Crippen LogP contribution in [0.1, 0.15) is 23.6 Å². The number of nitrogens with zero attached hydrogens (tertiary/aromatic N) is 1. The molecule has 5 nitrogen and oxygen atoms in total. The van der Waals surface area contributed by atoms with Crippen LogP contribution in [0.15, 0.2) is 90.6 Å². The predicted molar refractivity (Wildman–Crippen MR) is 141 cm³/mol. The Hall–Kier alpha value is -4.38. The second-order valence-electron chi connectivity index (χ2n) is 8.58. The maximum Gasteiger partial charge on any atom is 0.282 e. The largest absolute Gasteiger partial charge is 0.494 e. The van der Waals surface area contributed by atoms with Crippen molar-refractivity contribution in [1.82, 2.24) is 0 Å². The van der Waals surface area contributed by atoms with E-state index in [1.165, 1.54) is 4.90 Å². The van der Waals surface area contributed by atoms with Crippen LogP contribution in [0.3, 0.4) is 0 Å². The fourth-order valence-corrected chi connectivity index (χ4v) is 4.38. The van der Waals surface area contributed by atoms with Gasteiger partial charge < -0.3 is 10.1 Å². The molecule has 0 saturated carbocycles. The lowest BCUT2D eigenvalue weighted by atomic mass is 9.99. The molecular formula is C30H26N2O3. The Balaban J connectivity index is 1.63. The van der Waals surface area contributed by atoms with Gasteiger partial charge in [0.2, 0.25) is 0 Å². The number of amides is 2. The third-order valence-corrected chi connectivity index (χ3v) is 6.32. The number of ether oxygens (including phenoxy) is 1. The van der Waals surface area contributed by atoms with E-state index in [4.69, 9.17) is 4.74 Å². The van der Waals surface area contributed by atoms with Crippen molar-refractivity contribution < 1.29 is 14.3 Å². The first-order valence-electron chi connectivity index (χ1n) is 11.7. The molecule has 5 heteroatoms. The Bertz CT molecular complexity index is 1480. The molecular weight excluding hydrogens is 436 g/mol. The number of anilines is 2. The van der Waals surface area contributed by atoms with Crippen molar-refractivity contribution in [3.05, 3.63) is 107 Å². The summed E-state index contributed by atoms with van der Waals surface area (Å²) in [7, 11) is 0. The highest BCUT2D eigenvalue weighted by atomic mass is 16.5. The van der Waals surface area contributed by atoms with Gasteiger partial charge in [0.25, 0.3) is 11.8 Å². The van der Waals surface area contributed by atoms with Gasteiger partial charge in [-0.05, 0) is 73.2 Å². The van der Waals surface area contributed by atoms with Crippen LogP contribution in [0.2, 0.25) is 0 Å². The maximum absolute atomic E-state index is 13.9. The van der Waals surface area contributed by atoms with E-state index < -0.39 is 0 Å². The van der Waals surface area contributed by atoms with E-state index >= 15 is 0 Å². The number of fused-ring (bicyclic) bond motifs is 1. The summed E-state index contributed by atoms with van der Waals surface area (Å²) in [5.41, 5.74) is 4.78. The molecule has 0 saturated heterocycles. The normalized spacial score (nSPS) is 13.6. The fourth-order valence-electron chi connectivity index (χ4n) is 4.38. The second-order valence-corrected chi connectivity index (χ2v) is 8.58. The van der Waals surface area contributed by atoms with Gasteiger partial charge in [-0.3, -0.25) is 9.59 Å². The SMILES string of the molecule is CCOc1ccc(NC2=C(c3ccc(C)c(C)c3)C(=O)N(c3cccc4ccccc34)C2=O)cc1. The molecule has 0 spiro atoms.